The number of urea groups is 1. The van der Waals surface area contributed by atoms with Crippen molar-refractivity contribution in [3.05, 3.63) is 36.0 Å². The van der Waals surface area contributed by atoms with Gasteiger partial charge in [0.25, 0.3) is 6.43 Å². The van der Waals surface area contributed by atoms with Crippen LogP contribution in [0.25, 0.3) is 10.9 Å². The van der Waals surface area contributed by atoms with E-state index in [9.17, 15) is 13.6 Å². The van der Waals surface area contributed by atoms with Crippen LogP contribution in [0.5, 0.6) is 0 Å². The number of carbonyl (C=O) groups is 1. The number of carbonyl (C=O) groups excluding carboxylic acids is 1. The molecule has 0 unspecified atom stereocenters. The number of amides is 2. The van der Waals surface area contributed by atoms with Gasteiger partial charge in [-0.15, -0.1) is 0 Å². The highest BCUT2D eigenvalue weighted by molar-refractivity contribution is 5.99. The molecule has 0 aliphatic carbocycles. The molecule has 7 heteroatoms. The van der Waals surface area contributed by atoms with Crippen molar-refractivity contribution in [3.8, 4) is 0 Å². The minimum atomic E-state index is -2.50. The molecule has 22 heavy (non-hydrogen) atoms. The molecule has 0 radical (unpaired) electrons. The summed E-state index contributed by atoms with van der Waals surface area (Å²) in [5.74, 6) is 0. The smallest absolute Gasteiger partial charge is 0.319 e. The van der Waals surface area contributed by atoms with Gasteiger partial charge in [0.2, 0.25) is 0 Å². The molecule has 1 aromatic carbocycles. The number of halogens is 2. The Bertz CT molecular complexity index is 650. The number of fused-ring (bicyclic) bond motifs is 1. The van der Waals surface area contributed by atoms with Gasteiger partial charge in [0, 0.05) is 18.1 Å². The summed E-state index contributed by atoms with van der Waals surface area (Å²) < 4.78 is 28.4. The zero-order valence-corrected chi connectivity index (χ0v) is 12.1. The number of alkyl halides is 2. The molecule has 0 atom stereocenters. The molecule has 0 saturated heterocycles. The average molecular weight is 309 g/mol. The van der Waals surface area contributed by atoms with Crippen molar-refractivity contribution >= 4 is 22.6 Å². The van der Waals surface area contributed by atoms with Crippen molar-refractivity contribution < 1.29 is 18.3 Å². The van der Waals surface area contributed by atoms with Crippen LogP contribution in [0.15, 0.2) is 30.5 Å². The van der Waals surface area contributed by atoms with Gasteiger partial charge in [0.05, 0.1) is 17.8 Å². The third-order valence-corrected chi connectivity index (χ3v) is 2.87. The van der Waals surface area contributed by atoms with E-state index < -0.39 is 19.1 Å². The topological polar surface area (TPSA) is 63.2 Å². The SMILES string of the molecule is Cc1cc(NC(=O)NCCOCC(F)F)c2ncccc2c1. The molecule has 118 valence electrons. The maximum atomic E-state index is 11.9. The van der Waals surface area contributed by atoms with Gasteiger partial charge in [-0.3, -0.25) is 4.98 Å². The Kier molecular flexibility index (Phi) is 5.60. The minimum Gasteiger partial charge on any atom is -0.374 e. The first-order valence-electron chi connectivity index (χ1n) is 6.82. The maximum absolute atomic E-state index is 11.9. The number of rotatable bonds is 6. The number of anilines is 1. The predicted octanol–water partition coefficient (Wildman–Crippen LogP) is 2.95. The van der Waals surface area contributed by atoms with Gasteiger partial charge >= 0.3 is 6.03 Å². The van der Waals surface area contributed by atoms with Crippen molar-refractivity contribution in [1.29, 1.82) is 0 Å². The molecular formula is C15H17F2N3O2. The Morgan fingerprint density at radius 1 is 1.41 bits per heavy atom. The van der Waals surface area contributed by atoms with E-state index in [1.807, 2.05) is 31.2 Å². The number of hydrogen-bond acceptors (Lipinski definition) is 3. The van der Waals surface area contributed by atoms with Crippen molar-refractivity contribution in [2.45, 2.75) is 13.3 Å². The summed E-state index contributed by atoms with van der Waals surface area (Å²) in [6.45, 7) is 1.48. The Morgan fingerprint density at radius 3 is 3.00 bits per heavy atom. The zero-order valence-electron chi connectivity index (χ0n) is 12.1. The second-order valence-electron chi connectivity index (χ2n) is 4.73. The minimum absolute atomic E-state index is 0.0323. The molecule has 0 aliphatic heterocycles. The number of aromatic nitrogens is 1. The Morgan fingerprint density at radius 2 is 2.23 bits per heavy atom. The highest BCUT2D eigenvalue weighted by Crippen LogP contribution is 2.23. The number of nitrogens with zero attached hydrogens (tertiary/aromatic N) is 1. The number of aryl methyl sites for hydroxylation is 1. The molecule has 2 amide bonds. The van der Waals surface area contributed by atoms with Crippen LogP contribution in [0.4, 0.5) is 19.3 Å². The van der Waals surface area contributed by atoms with E-state index in [1.54, 1.807) is 6.20 Å². The molecule has 0 aliphatic rings. The quantitative estimate of drug-likeness (QED) is 0.806. The lowest BCUT2D eigenvalue weighted by Crippen LogP contribution is -2.32. The molecule has 2 rings (SSSR count). The maximum Gasteiger partial charge on any atom is 0.319 e. The van der Waals surface area contributed by atoms with E-state index in [1.165, 1.54) is 0 Å². The van der Waals surface area contributed by atoms with Crippen LogP contribution >= 0.6 is 0 Å². The van der Waals surface area contributed by atoms with Gasteiger partial charge < -0.3 is 15.4 Å². The van der Waals surface area contributed by atoms with Crippen LogP contribution in [-0.2, 0) is 4.74 Å². The molecule has 1 heterocycles. The third kappa shape index (κ3) is 4.63. The standard InChI is InChI=1S/C15H17F2N3O2/c1-10-7-11-3-2-4-18-14(11)12(8-10)20-15(21)19-5-6-22-9-13(16)17/h2-4,7-8,13H,5-6,9H2,1H3,(H2,19,20,21). The Hall–Kier alpha value is -2.28. The molecule has 0 fully saturated rings. The van der Waals surface area contributed by atoms with E-state index in [0.717, 1.165) is 10.9 Å². The van der Waals surface area contributed by atoms with Gasteiger partial charge in [0.15, 0.2) is 0 Å². The van der Waals surface area contributed by atoms with Crippen molar-refractivity contribution in [2.75, 3.05) is 25.1 Å². The van der Waals surface area contributed by atoms with Crippen LogP contribution < -0.4 is 10.6 Å². The summed E-state index contributed by atoms with van der Waals surface area (Å²) >= 11 is 0. The second kappa shape index (κ2) is 7.65. The highest BCUT2D eigenvalue weighted by atomic mass is 19.3. The van der Waals surface area contributed by atoms with Gasteiger partial charge in [0.1, 0.15) is 6.61 Å². The zero-order chi connectivity index (χ0) is 15.9. The van der Waals surface area contributed by atoms with Crippen LogP contribution in [0.2, 0.25) is 0 Å². The van der Waals surface area contributed by atoms with Gasteiger partial charge in [-0.25, -0.2) is 13.6 Å². The van der Waals surface area contributed by atoms with Gasteiger partial charge in [-0.2, -0.15) is 0 Å². The van der Waals surface area contributed by atoms with Crippen LogP contribution in [0.1, 0.15) is 5.56 Å². The van der Waals surface area contributed by atoms with E-state index in [-0.39, 0.29) is 13.2 Å². The van der Waals surface area contributed by atoms with Crippen molar-refractivity contribution in [2.24, 2.45) is 0 Å². The van der Waals surface area contributed by atoms with E-state index in [2.05, 4.69) is 20.4 Å². The Labute approximate surface area is 126 Å². The molecule has 5 nitrogen and oxygen atoms in total. The lowest BCUT2D eigenvalue weighted by molar-refractivity contribution is 0.0194. The largest absolute Gasteiger partial charge is 0.374 e. The molecule has 2 aromatic rings. The molecule has 0 saturated carbocycles. The predicted molar refractivity (Wildman–Crippen MR) is 80.3 cm³/mol. The first kappa shape index (κ1) is 16.1. The Balaban J connectivity index is 1.92. The summed E-state index contributed by atoms with van der Waals surface area (Å²) in [5.41, 5.74) is 2.29. The van der Waals surface area contributed by atoms with E-state index in [0.29, 0.717) is 11.2 Å². The summed E-state index contributed by atoms with van der Waals surface area (Å²) in [7, 11) is 0. The molecule has 0 spiro atoms. The molecule has 2 N–H and O–H groups in total. The van der Waals surface area contributed by atoms with Crippen molar-refractivity contribution in [1.82, 2.24) is 10.3 Å². The van der Waals surface area contributed by atoms with Crippen LogP contribution in [0.3, 0.4) is 0 Å². The van der Waals surface area contributed by atoms with E-state index >= 15 is 0 Å². The molecule has 0 bridgehead atoms. The number of hydrogen-bond donors (Lipinski definition) is 2. The normalized spacial score (nSPS) is 10.9. The van der Waals surface area contributed by atoms with Gasteiger partial charge in [-0.05, 0) is 30.7 Å². The summed E-state index contributed by atoms with van der Waals surface area (Å²) in [6, 6.07) is 7.10. The summed E-state index contributed by atoms with van der Waals surface area (Å²) in [5, 5.41) is 6.18. The fourth-order valence-corrected chi connectivity index (χ4v) is 2.01. The monoisotopic (exact) mass is 309 g/mol. The lowest BCUT2D eigenvalue weighted by Gasteiger charge is -2.11. The first-order chi connectivity index (χ1) is 10.6. The van der Waals surface area contributed by atoms with Crippen LogP contribution in [0, 0.1) is 6.92 Å². The highest BCUT2D eigenvalue weighted by Gasteiger charge is 2.07. The number of nitrogens with one attached hydrogen (secondary N) is 2. The number of benzene rings is 1. The number of ether oxygens (including phenoxy) is 1. The molecule has 1 aromatic heterocycles. The average Bonchev–Trinajstić information content (AvgIpc) is 2.46. The third-order valence-electron chi connectivity index (χ3n) is 2.87. The summed E-state index contributed by atoms with van der Waals surface area (Å²) in [4.78, 5) is 16.1. The van der Waals surface area contributed by atoms with Gasteiger partial charge in [-0.1, -0.05) is 6.07 Å². The number of pyridine rings is 1. The van der Waals surface area contributed by atoms with Crippen LogP contribution in [-0.4, -0.2) is 37.2 Å². The fourth-order valence-electron chi connectivity index (χ4n) is 2.01. The second-order valence-corrected chi connectivity index (χ2v) is 4.73. The molecular weight excluding hydrogens is 292 g/mol. The van der Waals surface area contributed by atoms with E-state index in [4.69, 9.17) is 0 Å². The lowest BCUT2D eigenvalue weighted by atomic mass is 10.1. The van der Waals surface area contributed by atoms with Crippen molar-refractivity contribution in [3.63, 3.8) is 0 Å². The first-order valence-corrected chi connectivity index (χ1v) is 6.82. The summed E-state index contributed by atoms with van der Waals surface area (Å²) in [6.07, 6.45) is -0.850. The fraction of sp³-hybridized carbons (Fsp3) is 0.333.